The molecule has 4 rings (SSSR count). The van der Waals surface area contributed by atoms with E-state index in [9.17, 15) is 0 Å². The van der Waals surface area contributed by atoms with Gasteiger partial charge in [0.25, 0.3) is 0 Å². The Balaban J connectivity index is 1.99. The first-order chi connectivity index (χ1) is 10.5. The summed E-state index contributed by atoms with van der Waals surface area (Å²) in [4.78, 5) is 1.20. The molecular weight excluding hydrogens is 376 g/mol. The van der Waals surface area contributed by atoms with E-state index in [1.807, 2.05) is 0 Å². The maximum atomic E-state index is 6.60. The van der Waals surface area contributed by atoms with Crippen LogP contribution in [-0.4, -0.2) is 0 Å². The molecule has 0 fully saturated rings. The molecule has 1 heterocycles. The Labute approximate surface area is 147 Å². The molecule has 0 radical (unpaired) electrons. The summed E-state index contributed by atoms with van der Waals surface area (Å²) in [5.41, 5.74) is 6.45. The molecule has 0 unspecified atom stereocenters. The summed E-state index contributed by atoms with van der Waals surface area (Å²) in [6.45, 7) is 4.58. The third kappa shape index (κ3) is 2.01. The van der Waals surface area contributed by atoms with Crippen LogP contribution in [0.3, 0.4) is 0 Å². The van der Waals surface area contributed by atoms with Crippen LogP contribution in [0.4, 0.5) is 0 Å². The third-order valence-electron chi connectivity index (χ3n) is 4.51. The summed E-state index contributed by atoms with van der Waals surface area (Å²) in [5, 5.41) is 0.820. The lowest BCUT2D eigenvalue weighted by molar-refractivity contribution is 0.660. The van der Waals surface area contributed by atoms with E-state index >= 15 is 0 Å². The molecule has 0 aliphatic heterocycles. The van der Waals surface area contributed by atoms with Crippen molar-refractivity contribution in [3.63, 3.8) is 0 Å². The Bertz CT molecular complexity index is 892. The first kappa shape index (κ1) is 14.5. The van der Waals surface area contributed by atoms with E-state index in [4.69, 9.17) is 11.6 Å². The van der Waals surface area contributed by atoms with Gasteiger partial charge in [0.05, 0.1) is 3.79 Å². The van der Waals surface area contributed by atoms with Crippen LogP contribution in [0.25, 0.3) is 21.6 Å². The van der Waals surface area contributed by atoms with E-state index in [-0.39, 0.29) is 5.41 Å². The molecule has 1 aliphatic rings. The SMILES string of the molecule is CC1(C)c2ccccc2-c2cc(Cl)c(-c3ccc(Br)s3)cc21. The second-order valence-electron chi connectivity index (χ2n) is 6.15. The lowest BCUT2D eigenvalue weighted by atomic mass is 9.82. The Morgan fingerprint density at radius 1 is 0.909 bits per heavy atom. The fraction of sp³-hybridized carbons (Fsp3) is 0.158. The van der Waals surface area contributed by atoms with Gasteiger partial charge in [-0.05, 0) is 62.4 Å². The van der Waals surface area contributed by atoms with Gasteiger partial charge in [0, 0.05) is 20.9 Å². The monoisotopic (exact) mass is 388 g/mol. The number of rotatable bonds is 1. The van der Waals surface area contributed by atoms with Crippen molar-refractivity contribution in [1.29, 1.82) is 0 Å². The van der Waals surface area contributed by atoms with Crippen LogP contribution < -0.4 is 0 Å². The van der Waals surface area contributed by atoms with E-state index in [0.29, 0.717) is 0 Å². The van der Waals surface area contributed by atoms with Crippen molar-refractivity contribution in [1.82, 2.24) is 0 Å². The average molecular weight is 390 g/mol. The quantitative estimate of drug-likeness (QED) is 0.415. The van der Waals surface area contributed by atoms with Gasteiger partial charge in [-0.25, -0.2) is 0 Å². The van der Waals surface area contributed by atoms with Gasteiger partial charge < -0.3 is 0 Å². The zero-order chi connectivity index (χ0) is 15.5. The molecule has 0 saturated carbocycles. The standard InChI is InChI=1S/C19H14BrClS/c1-19(2)14-6-4-3-5-11(14)12-10-16(21)13(9-15(12)19)17-7-8-18(20)22-17/h3-10H,1-2H3. The molecule has 1 aliphatic carbocycles. The average Bonchev–Trinajstić information content (AvgIpc) is 3.00. The molecule has 0 atom stereocenters. The minimum atomic E-state index is 0.0136. The normalized spacial score (nSPS) is 14.7. The van der Waals surface area contributed by atoms with Crippen molar-refractivity contribution in [3.8, 4) is 21.6 Å². The number of benzene rings is 2. The number of fused-ring (bicyclic) bond motifs is 3. The van der Waals surface area contributed by atoms with E-state index in [2.05, 4.69) is 78.3 Å². The molecule has 3 heteroatoms. The summed E-state index contributed by atoms with van der Waals surface area (Å²) in [6.07, 6.45) is 0. The second-order valence-corrected chi connectivity index (χ2v) is 9.02. The van der Waals surface area contributed by atoms with E-state index in [1.165, 1.54) is 27.1 Å². The van der Waals surface area contributed by atoms with Crippen molar-refractivity contribution in [2.24, 2.45) is 0 Å². The van der Waals surface area contributed by atoms with Crippen LogP contribution in [0.2, 0.25) is 5.02 Å². The highest BCUT2D eigenvalue weighted by Crippen LogP contribution is 2.51. The zero-order valence-electron chi connectivity index (χ0n) is 12.3. The topological polar surface area (TPSA) is 0 Å². The Hall–Kier alpha value is -1.09. The summed E-state index contributed by atoms with van der Waals surface area (Å²) >= 11 is 11.9. The number of hydrogen-bond acceptors (Lipinski definition) is 1. The minimum Gasteiger partial charge on any atom is -0.128 e. The van der Waals surface area contributed by atoms with Crippen molar-refractivity contribution < 1.29 is 0 Å². The van der Waals surface area contributed by atoms with Crippen molar-refractivity contribution >= 4 is 38.9 Å². The maximum absolute atomic E-state index is 6.60. The van der Waals surface area contributed by atoms with Crippen molar-refractivity contribution in [2.45, 2.75) is 19.3 Å². The zero-order valence-corrected chi connectivity index (χ0v) is 15.4. The summed E-state index contributed by atoms with van der Waals surface area (Å²) in [6, 6.07) is 17.2. The molecule has 0 bridgehead atoms. The molecule has 0 N–H and O–H groups in total. The summed E-state index contributed by atoms with van der Waals surface area (Å²) in [5.74, 6) is 0. The molecule has 2 aromatic carbocycles. The van der Waals surface area contributed by atoms with Gasteiger partial charge in [-0.15, -0.1) is 11.3 Å². The lowest BCUT2D eigenvalue weighted by Gasteiger charge is -2.22. The molecule has 1 aromatic heterocycles. The highest BCUT2D eigenvalue weighted by molar-refractivity contribution is 9.11. The Kier molecular flexibility index (Phi) is 3.26. The predicted octanol–water partition coefficient (Wildman–Crippen LogP) is 7.14. The van der Waals surface area contributed by atoms with Crippen LogP contribution in [0.1, 0.15) is 25.0 Å². The van der Waals surface area contributed by atoms with Gasteiger partial charge in [0.1, 0.15) is 0 Å². The minimum absolute atomic E-state index is 0.0136. The van der Waals surface area contributed by atoms with Crippen LogP contribution in [-0.2, 0) is 5.41 Å². The smallest absolute Gasteiger partial charge is 0.0705 e. The van der Waals surface area contributed by atoms with E-state index in [0.717, 1.165) is 14.4 Å². The first-order valence-electron chi connectivity index (χ1n) is 7.18. The van der Waals surface area contributed by atoms with Gasteiger partial charge in [-0.2, -0.15) is 0 Å². The van der Waals surface area contributed by atoms with E-state index < -0.39 is 0 Å². The molecule has 22 heavy (non-hydrogen) atoms. The van der Waals surface area contributed by atoms with Gasteiger partial charge in [0.15, 0.2) is 0 Å². The third-order valence-corrected chi connectivity index (χ3v) is 6.48. The lowest BCUT2D eigenvalue weighted by Crippen LogP contribution is -2.14. The summed E-state index contributed by atoms with van der Waals surface area (Å²) in [7, 11) is 0. The molecular formula is C19H14BrClS. The van der Waals surface area contributed by atoms with Crippen molar-refractivity contribution in [2.75, 3.05) is 0 Å². The van der Waals surface area contributed by atoms with Crippen molar-refractivity contribution in [3.05, 3.63) is 68.5 Å². The maximum Gasteiger partial charge on any atom is 0.0705 e. The van der Waals surface area contributed by atoms with Gasteiger partial charge in [0.2, 0.25) is 0 Å². The first-order valence-corrected chi connectivity index (χ1v) is 9.17. The molecule has 0 nitrogen and oxygen atoms in total. The molecule has 110 valence electrons. The number of hydrogen-bond donors (Lipinski definition) is 0. The Morgan fingerprint density at radius 2 is 1.68 bits per heavy atom. The van der Waals surface area contributed by atoms with Gasteiger partial charge >= 0.3 is 0 Å². The summed E-state index contributed by atoms with van der Waals surface area (Å²) < 4.78 is 1.13. The molecule has 0 amide bonds. The molecule has 0 spiro atoms. The Morgan fingerprint density at radius 3 is 2.41 bits per heavy atom. The fourth-order valence-corrected chi connectivity index (χ4v) is 5.11. The van der Waals surface area contributed by atoms with E-state index in [1.54, 1.807) is 11.3 Å². The van der Waals surface area contributed by atoms with Gasteiger partial charge in [-0.1, -0.05) is 49.7 Å². The van der Waals surface area contributed by atoms with Crippen LogP contribution in [0.5, 0.6) is 0 Å². The fourth-order valence-electron chi connectivity index (χ4n) is 3.37. The second kappa shape index (κ2) is 4.95. The van der Waals surface area contributed by atoms with Gasteiger partial charge in [-0.3, -0.25) is 0 Å². The van der Waals surface area contributed by atoms with Crippen LogP contribution in [0.15, 0.2) is 52.3 Å². The van der Waals surface area contributed by atoms with Crippen LogP contribution >= 0.6 is 38.9 Å². The van der Waals surface area contributed by atoms with Crippen LogP contribution in [0, 0.1) is 0 Å². The highest BCUT2D eigenvalue weighted by atomic mass is 79.9. The largest absolute Gasteiger partial charge is 0.128 e. The molecule has 0 saturated heterocycles. The predicted molar refractivity (Wildman–Crippen MR) is 100 cm³/mol. The molecule has 3 aromatic rings. The number of thiophene rings is 1. The highest BCUT2D eigenvalue weighted by Gasteiger charge is 2.35. The number of halogens is 2.